The van der Waals surface area contributed by atoms with Crippen molar-refractivity contribution in [3.63, 3.8) is 0 Å². The fourth-order valence-corrected chi connectivity index (χ4v) is 1.82. The minimum atomic E-state index is -4.56. The van der Waals surface area contributed by atoms with E-state index >= 15 is 0 Å². The SMILES string of the molecule is Cc1c(Oc2ncc(C(F)(F)F)cc2Cl)nn(C(N)=O)c1C. The Hall–Kier alpha value is -2.29. The number of nitrogens with zero attached hydrogens (tertiary/aromatic N) is 3. The van der Waals surface area contributed by atoms with Gasteiger partial charge in [-0.1, -0.05) is 11.6 Å². The molecular weight excluding hydrogens is 325 g/mol. The summed E-state index contributed by atoms with van der Waals surface area (Å²) < 4.78 is 43.8. The number of pyridine rings is 1. The maximum absolute atomic E-state index is 12.5. The third-order valence-corrected chi connectivity index (χ3v) is 3.18. The van der Waals surface area contributed by atoms with Crippen LogP contribution in [0.4, 0.5) is 18.0 Å². The summed E-state index contributed by atoms with van der Waals surface area (Å²) in [4.78, 5) is 14.7. The molecule has 0 aliphatic carbocycles. The van der Waals surface area contributed by atoms with E-state index in [1.165, 1.54) is 0 Å². The van der Waals surface area contributed by atoms with E-state index in [1.807, 2.05) is 0 Å². The van der Waals surface area contributed by atoms with E-state index in [1.54, 1.807) is 13.8 Å². The van der Waals surface area contributed by atoms with Gasteiger partial charge in [-0.05, 0) is 19.9 Å². The molecule has 0 atom stereocenters. The first-order valence-corrected chi connectivity index (χ1v) is 6.25. The van der Waals surface area contributed by atoms with Crippen LogP contribution in [-0.2, 0) is 6.18 Å². The summed E-state index contributed by atoms with van der Waals surface area (Å²) in [7, 11) is 0. The fourth-order valence-electron chi connectivity index (χ4n) is 1.61. The largest absolute Gasteiger partial charge is 0.417 e. The zero-order chi connectivity index (χ0) is 16.7. The standard InChI is InChI=1S/C12H10ClF3N4O2/c1-5-6(2)20(11(17)21)19-9(5)22-10-8(13)3-7(4-18-10)12(14,15)16/h3-4H,1-2H3,(H2,17,21). The van der Waals surface area contributed by atoms with Gasteiger partial charge in [0.15, 0.2) is 0 Å². The Balaban J connectivity index is 2.36. The second kappa shape index (κ2) is 5.48. The van der Waals surface area contributed by atoms with Crippen molar-refractivity contribution in [3.05, 3.63) is 34.1 Å². The van der Waals surface area contributed by atoms with Gasteiger partial charge < -0.3 is 10.5 Å². The molecule has 2 aromatic rings. The average molecular weight is 335 g/mol. The number of hydrogen-bond donors (Lipinski definition) is 1. The number of hydrogen-bond acceptors (Lipinski definition) is 4. The van der Waals surface area contributed by atoms with Crippen LogP contribution in [-0.4, -0.2) is 20.8 Å². The molecule has 0 radical (unpaired) electrons. The molecule has 0 saturated heterocycles. The maximum atomic E-state index is 12.5. The molecule has 0 bridgehead atoms. The van der Waals surface area contributed by atoms with Crippen LogP contribution < -0.4 is 10.5 Å². The first-order valence-electron chi connectivity index (χ1n) is 5.88. The van der Waals surface area contributed by atoms with Gasteiger partial charge in [-0.25, -0.2) is 9.78 Å². The predicted octanol–water partition coefficient (Wildman–Crippen LogP) is 3.29. The number of carbonyl (C=O) groups is 1. The molecule has 0 fully saturated rings. The lowest BCUT2D eigenvalue weighted by molar-refractivity contribution is -0.137. The van der Waals surface area contributed by atoms with Crippen LogP contribution in [0.3, 0.4) is 0 Å². The quantitative estimate of drug-likeness (QED) is 0.913. The van der Waals surface area contributed by atoms with Crippen molar-refractivity contribution in [2.75, 3.05) is 0 Å². The summed E-state index contributed by atoms with van der Waals surface area (Å²) in [6.45, 7) is 3.19. The lowest BCUT2D eigenvalue weighted by Crippen LogP contribution is -2.22. The van der Waals surface area contributed by atoms with Gasteiger partial charge in [0.1, 0.15) is 5.02 Å². The van der Waals surface area contributed by atoms with Gasteiger partial charge in [-0.15, -0.1) is 5.10 Å². The van der Waals surface area contributed by atoms with Crippen LogP contribution in [0.1, 0.15) is 16.8 Å². The number of aromatic nitrogens is 3. The van der Waals surface area contributed by atoms with Crippen LogP contribution in [0.25, 0.3) is 0 Å². The third kappa shape index (κ3) is 2.98. The summed E-state index contributed by atoms with van der Waals surface area (Å²) in [5, 5.41) is 3.48. The van der Waals surface area contributed by atoms with E-state index < -0.39 is 17.8 Å². The van der Waals surface area contributed by atoms with Crippen LogP contribution in [0, 0.1) is 13.8 Å². The van der Waals surface area contributed by atoms with E-state index in [2.05, 4.69) is 10.1 Å². The number of nitrogens with two attached hydrogens (primary N) is 1. The Labute approximate surface area is 127 Å². The molecule has 0 saturated carbocycles. The van der Waals surface area contributed by atoms with Crippen molar-refractivity contribution in [2.45, 2.75) is 20.0 Å². The molecule has 2 N–H and O–H groups in total. The van der Waals surface area contributed by atoms with Crippen molar-refractivity contribution in [3.8, 4) is 11.8 Å². The number of primary amides is 1. The molecule has 0 aromatic carbocycles. The molecule has 118 valence electrons. The Morgan fingerprint density at radius 1 is 1.36 bits per heavy atom. The summed E-state index contributed by atoms with van der Waals surface area (Å²) in [6.07, 6.45) is -3.97. The van der Waals surface area contributed by atoms with E-state index in [-0.39, 0.29) is 16.8 Å². The molecule has 0 spiro atoms. The summed E-state index contributed by atoms with van der Waals surface area (Å²) in [5.74, 6) is -0.280. The molecule has 2 aromatic heterocycles. The number of alkyl halides is 3. The molecule has 0 aliphatic heterocycles. The topological polar surface area (TPSA) is 83.0 Å². The van der Waals surface area contributed by atoms with Crippen LogP contribution in [0.15, 0.2) is 12.3 Å². The highest BCUT2D eigenvalue weighted by Gasteiger charge is 2.32. The highest BCUT2D eigenvalue weighted by molar-refractivity contribution is 6.31. The van der Waals surface area contributed by atoms with Gasteiger partial charge in [0.2, 0.25) is 11.8 Å². The number of amides is 1. The molecule has 6 nitrogen and oxygen atoms in total. The second-order valence-corrected chi connectivity index (χ2v) is 4.78. The second-order valence-electron chi connectivity index (χ2n) is 4.38. The first-order chi connectivity index (χ1) is 10.1. The van der Waals surface area contributed by atoms with Gasteiger partial charge in [0.25, 0.3) is 0 Å². The molecule has 22 heavy (non-hydrogen) atoms. The van der Waals surface area contributed by atoms with Crippen LogP contribution >= 0.6 is 11.6 Å². The Bertz CT molecular complexity index is 743. The highest BCUT2D eigenvalue weighted by Crippen LogP contribution is 2.35. The summed E-state index contributed by atoms with van der Waals surface area (Å²) in [5.41, 5.74) is 5.05. The Morgan fingerprint density at radius 2 is 2.00 bits per heavy atom. The molecule has 0 unspecified atom stereocenters. The molecule has 10 heteroatoms. The molecule has 2 rings (SSSR count). The van der Waals surface area contributed by atoms with Gasteiger partial charge >= 0.3 is 12.2 Å². The Kier molecular flexibility index (Phi) is 4.01. The van der Waals surface area contributed by atoms with Crippen LogP contribution in [0.5, 0.6) is 11.8 Å². The minimum absolute atomic E-state index is 0.0227. The van der Waals surface area contributed by atoms with E-state index in [0.29, 0.717) is 23.5 Å². The molecule has 0 aliphatic rings. The zero-order valence-electron chi connectivity index (χ0n) is 11.4. The highest BCUT2D eigenvalue weighted by atomic mass is 35.5. The van der Waals surface area contributed by atoms with Gasteiger partial charge in [-0.2, -0.15) is 17.9 Å². The number of rotatable bonds is 2. The average Bonchev–Trinajstić information content (AvgIpc) is 2.68. The van der Waals surface area contributed by atoms with E-state index in [9.17, 15) is 18.0 Å². The monoisotopic (exact) mass is 334 g/mol. The van der Waals surface area contributed by atoms with Crippen molar-refractivity contribution in [1.82, 2.24) is 14.8 Å². The van der Waals surface area contributed by atoms with E-state index in [4.69, 9.17) is 22.1 Å². The smallest absolute Gasteiger partial charge is 0.417 e. The summed E-state index contributed by atoms with van der Waals surface area (Å²) in [6, 6.07) is -0.126. The molecule has 1 amide bonds. The van der Waals surface area contributed by atoms with Gasteiger partial charge in [0, 0.05) is 11.8 Å². The van der Waals surface area contributed by atoms with E-state index in [0.717, 1.165) is 4.68 Å². The summed E-state index contributed by atoms with van der Waals surface area (Å²) >= 11 is 5.73. The normalized spacial score (nSPS) is 11.5. The van der Waals surface area contributed by atoms with Crippen LogP contribution in [0.2, 0.25) is 5.02 Å². The molecule has 2 heterocycles. The molecular formula is C12H10ClF3N4O2. The zero-order valence-corrected chi connectivity index (χ0v) is 12.2. The number of carbonyl (C=O) groups excluding carboxylic acids is 1. The lowest BCUT2D eigenvalue weighted by atomic mass is 10.3. The Morgan fingerprint density at radius 3 is 2.45 bits per heavy atom. The van der Waals surface area contributed by atoms with Crippen molar-refractivity contribution in [1.29, 1.82) is 0 Å². The van der Waals surface area contributed by atoms with Crippen molar-refractivity contribution < 1.29 is 22.7 Å². The first kappa shape index (κ1) is 16.1. The predicted molar refractivity (Wildman–Crippen MR) is 71.0 cm³/mol. The lowest BCUT2D eigenvalue weighted by Gasteiger charge is -2.09. The maximum Gasteiger partial charge on any atom is 0.417 e. The fraction of sp³-hybridized carbons (Fsp3) is 0.250. The minimum Gasteiger partial charge on any atom is -0.417 e. The van der Waals surface area contributed by atoms with Crippen molar-refractivity contribution in [2.24, 2.45) is 5.73 Å². The third-order valence-electron chi connectivity index (χ3n) is 2.91. The van der Waals surface area contributed by atoms with Gasteiger partial charge in [-0.3, -0.25) is 0 Å². The number of ether oxygens (including phenoxy) is 1. The van der Waals surface area contributed by atoms with Crippen molar-refractivity contribution >= 4 is 17.6 Å². The van der Waals surface area contributed by atoms with Gasteiger partial charge in [0.05, 0.1) is 11.3 Å². The number of halogens is 4.